The van der Waals surface area contributed by atoms with Gasteiger partial charge in [-0.3, -0.25) is 0 Å². The van der Waals surface area contributed by atoms with Crippen molar-refractivity contribution in [3.8, 4) is 11.5 Å². The summed E-state index contributed by atoms with van der Waals surface area (Å²) in [4.78, 5) is -0.178. The first kappa shape index (κ1) is 12.4. The molecule has 0 radical (unpaired) electrons. The van der Waals surface area contributed by atoms with Crippen molar-refractivity contribution in [3.63, 3.8) is 0 Å². The summed E-state index contributed by atoms with van der Waals surface area (Å²) in [6, 6.07) is 9.86. The Morgan fingerprint density at radius 1 is 1.00 bits per heavy atom. The Morgan fingerprint density at radius 3 is 2.28 bits per heavy atom. The van der Waals surface area contributed by atoms with Crippen LogP contribution in [0.2, 0.25) is 0 Å². The van der Waals surface area contributed by atoms with E-state index in [0.29, 0.717) is 5.56 Å². The van der Waals surface area contributed by atoms with Crippen LogP contribution >= 0.6 is 0 Å². The molecule has 0 aromatic heterocycles. The van der Waals surface area contributed by atoms with E-state index in [0.717, 1.165) is 6.07 Å². The third-order valence-corrected chi connectivity index (χ3v) is 4.53. The molecule has 94 valence electrons. The molecule has 0 bridgehead atoms. The third-order valence-electron chi connectivity index (χ3n) is 2.59. The van der Waals surface area contributed by atoms with Crippen molar-refractivity contribution in [3.05, 3.63) is 48.0 Å². The molecule has 2 rings (SSSR count). The lowest BCUT2D eigenvalue weighted by atomic mass is 10.2. The molecular weight excluding hydrogens is 252 g/mol. The van der Waals surface area contributed by atoms with Gasteiger partial charge in [0, 0.05) is 0 Å². The number of hydrogen-bond donors (Lipinski definition) is 2. The predicted octanol–water partition coefficient (Wildman–Crippen LogP) is 2.24. The molecule has 18 heavy (non-hydrogen) atoms. The highest BCUT2D eigenvalue weighted by Crippen LogP contribution is 2.32. The Bertz CT molecular complexity index is 670. The second-order valence-electron chi connectivity index (χ2n) is 3.92. The molecule has 0 spiro atoms. The van der Waals surface area contributed by atoms with Crippen LogP contribution in [0.5, 0.6) is 11.5 Å². The maximum absolute atomic E-state index is 12.4. The van der Waals surface area contributed by atoms with Crippen LogP contribution in [0.4, 0.5) is 0 Å². The fraction of sp³-hybridized carbons (Fsp3) is 0.0769. The molecule has 0 atom stereocenters. The molecule has 5 heteroatoms. The summed E-state index contributed by atoms with van der Waals surface area (Å²) >= 11 is 0. The minimum absolute atomic E-state index is 0.0490. The molecule has 0 aliphatic heterocycles. The van der Waals surface area contributed by atoms with Gasteiger partial charge < -0.3 is 10.2 Å². The van der Waals surface area contributed by atoms with Gasteiger partial charge in [0.05, 0.1) is 4.90 Å². The number of aromatic hydroxyl groups is 2. The van der Waals surface area contributed by atoms with Crippen molar-refractivity contribution in [2.24, 2.45) is 0 Å². The molecular formula is C13H12O4S. The fourth-order valence-corrected chi connectivity index (χ4v) is 3.36. The number of aryl methyl sites for hydroxylation is 1. The second-order valence-corrected chi connectivity index (χ2v) is 5.81. The van der Waals surface area contributed by atoms with Crippen LogP contribution in [0.15, 0.2) is 52.3 Å². The number of sulfone groups is 1. The minimum atomic E-state index is -3.83. The van der Waals surface area contributed by atoms with E-state index in [-0.39, 0.29) is 21.3 Å². The predicted molar refractivity (Wildman–Crippen MR) is 66.4 cm³/mol. The molecule has 4 nitrogen and oxygen atoms in total. The van der Waals surface area contributed by atoms with Crippen molar-refractivity contribution < 1.29 is 18.6 Å². The Kier molecular flexibility index (Phi) is 3.00. The van der Waals surface area contributed by atoms with Gasteiger partial charge in [0.15, 0.2) is 0 Å². The van der Waals surface area contributed by atoms with E-state index >= 15 is 0 Å². The fourth-order valence-electron chi connectivity index (χ4n) is 1.76. The number of rotatable bonds is 2. The number of phenolic OH excluding ortho intramolecular Hbond substituents is 2. The number of hydrogen-bond acceptors (Lipinski definition) is 4. The van der Waals surface area contributed by atoms with Crippen molar-refractivity contribution in [1.82, 2.24) is 0 Å². The van der Waals surface area contributed by atoms with E-state index in [4.69, 9.17) is 0 Å². The average molecular weight is 264 g/mol. The quantitative estimate of drug-likeness (QED) is 0.872. The largest absolute Gasteiger partial charge is 0.508 e. The van der Waals surface area contributed by atoms with Gasteiger partial charge in [-0.2, -0.15) is 0 Å². The van der Waals surface area contributed by atoms with Crippen LogP contribution in [-0.4, -0.2) is 18.6 Å². The standard InChI is InChI=1S/C13H12O4S/c1-9-4-2-7-12(15)13(9)18(16,17)11-6-3-5-10(14)8-11/h2-8,14-15H,1H3. The normalized spacial score (nSPS) is 11.4. The monoisotopic (exact) mass is 264 g/mol. The van der Waals surface area contributed by atoms with Crippen molar-refractivity contribution in [2.75, 3.05) is 0 Å². The van der Waals surface area contributed by atoms with Gasteiger partial charge in [-0.25, -0.2) is 8.42 Å². The van der Waals surface area contributed by atoms with E-state index in [1.807, 2.05) is 0 Å². The second kappa shape index (κ2) is 4.34. The van der Waals surface area contributed by atoms with E-state index in [9.17, 15) is 18.6 Å². The number of phenols is 2. The van der Waals surface area contributed by atoms with E-state index in [1.165, 1.54) is 24.3 Å². The molecule has 2 N–H and O–H groups in total. The average Bonchev–Trinajstić information content (AvgIpc) is 2.28. The van der Waals surface area contributed by atoms with Gasteiger partial charge in [0.1, 0.15) is 16.4 Å². The molecule has 0 amide bonds. The van der Waals surface area contributed by atoms with Gasteiger partial charge in [-0.15, -0.1) is 0 Å². The Morgan fingerprint density at radius 2 is 1.67 bits per heavy atom. The summed E-state index contributed by atoms with van der Waals surface area (Å²) in [7, 11) is -3.83. The van der Waals surface area contributed by atoms with Crippen molar-refractivity contribution >= 4 is 9.84 Å². The van der Waals surface area contributed by atoms with Crippen LogP contribution < -0.4 is 0 Å². The maximum Gasteiger partial charge on any atom is 0.210 e. The summed E-state index contributed by atoms with van der Waals surface area (Å²) in [6.45, 7) is 1.61. The first-order chi connectivity index (χ1) is 8.43. The van der Waals surface area contributed by atoms with Gasteiger partial charge in [0.25, 0.3) is 0 Å². The third kappa shape index (κ3) is 2.04. The molecule has 2 aromatic carbocycles. The van der Waals surface area contributed by atoms with Crippen molar-refractivity contribution in [1.29, 1.82) is 0 Å². The van der Waals surface area contributed by atoms with E-state index < -0.39 is 9.84 Å². The topological polar surface area (TPSA) is 74.6 Å². The Labute approximate surface area is 105 Å². The molecule has 0 fully saturated rings. The Hall–Kier alpha value is -2.01. The van der Waals surface area contributed by atoms with Gasteiger partial charge in [-0.05, 0) is 36.8 Å². The van der Waals surface area contributed by atoms with Crippen LogP contribution in [0.1, 0.15) is 5.56 Å². The first-order valence-electron chi connectivity index (χ1n) is 5.25. The van der Waals surface area contributed by atoms with Crippen LogP contribution in [0.25, 0.3) is 0 Å². The highest BCUT2D eigenvalue weighted by Gasteiger charge is 2.23. The van der Waals surface area contributed by atoms with Crippen molar-refractivity contribution in [2.45, 2.75) is 16.7 Å². The molecule has 0 aliphatic rings. The SMILES string of the molecule is Cc1cccc(O)c1S(=O)(=O)c1cccc(O)c1. The zero-order chi connectivity index (χ0) is 13.3. The first-order valence-corrected chi connectivity index (χ1v) is 6.74. The highest BCUT2D eigenvalue weighted by atomic mass is 32.2. The summed E-state index contributed by atoms with van der Waals surface area (Å²) < 4.78 is 24.7. The van der Waals surface area contributed by atoms with Gasteiger partial charge in [-0.1, -0.05) is 18.2 Å². The van der Waals surface area contributed by atoms with Crippen LogP contribution in [-0.2, 0) is 9.84 Å². The molecule has 0 saturated heterocycles. The molecule has 0 saturated carbocycles. The lowest BCUT2D eigenvalue weighted by Crippen LogP contribution is -2.04. The maximum atomic E-state index is 12.4. The summed E-state index contributed by atoms with van der Waals surface area (Å²) in [5.74, 6) is -0.428. The van der Waals surface area contributed by atoms with E-state index in [2.05, 4.69) is 0 Å². The summed E-state index contributed by atoms with van der Waals surface area (Å²) in [6.07, 6.45) is 0. The minimum Gasteiger partial charge on any atom is -0.508 e. The van der Waals surface area contributed by atoms with Gasteiger partial charge in [0.2, 0.25) is 9.84 Å². The molecule has 0 heterocycles. The smallest absolute Gasteiger partial charge is 0.210 e. The number of benzene rings is 2. The highest BCUT2D eigenvalue weighted by molar-refractivity contribution is 7.91. The molecule has 2 aromatic rings. The van der Waals surface area contributed by atoms with Crippen LogP contribution in [0, 0.1) is 6.92 Å². The molecule has 0 aliphatic carbocycles. The van der Waals surface area contributed by atoms with E-state index in [1.54, 1.807) is 19.1 Å². The van der Waals surface area contributed by atoms with Crippen LogP contribution in [0.3, 0.4) is 0 Å². The summed E-state index contributed by atoms with van der Waals surface area (Å²) in [5, 5.41) is 19.1. The Balaban J connectivity index is 2.70. The zero-order valence-electron chi connectivity index (χ0n) is 9.66. The zero-order valence-corrected chi connectivity index (χ0v) is 10.5. The lowest BCUT2D eigenvalue weighted by molar-refractivity contribution is 0.457. The summed E-state index contributed by atoms with van der Waals surface area (Å²) in [5.41, 5.74) is 0.457. The van der Waals surface area contributed by atoms with Gasteiger partial charge >= 0.3 is 0 Å². The molecule has 0 unspecified atom stereocenters. The lowest BCUT2D eigenvalue weighted by Gasteiger charge is -2.09.